The van der Waals surface area contributed by atoms with Gasteiger partial charge in [-0.15, -0.1) is 0 Å². The topological polar surface area (TPSA) is 129 Å². The van der Waals surface area contributed by atoms with Gasteiger partial charge < -0.3 is 20.5 Å². The lowest BCUT2D eigenvalue weighted by atomic mass is 9.93. The van der Waals surface area contributed by atoms with Crippen molar-refractivity contribution in [3.63, 3.8) is 0 Å². The van der Waals surface area contributed by atoms with E-state index in [1.807, 2.05) is 6.07 Å². The third-order valence-electron chi connectivity index (χ3n) is 5.98. The summed E-state index contributed by atoms with van der Waals surface area (Å²) < 4.78 is 5.79. The third kappa shape index (κ3) is 3.81. The SMILES string of the molecule is CNC(=O)c1ccc2c(c1)[C@]1(CO2)C[C@H]1C(=O)Nc1cc(C#N)ccc1CC=CC(=O)O. The Kier molecular flexibility index (Phi) is 5.41. The zero-order valence-electron chi connectivity index (χ0n) is 17.3. The molecule has 2 atom stereocenters. The average Bonchev–Trinajstić information content (AvgIpc) is 3.42. The molecule has 1 aliphatic carbocycles. The number of allylic oxidation sites excluding steroid dienone is 1. The molecule has 2 amide bonds. The van der Waals surface area contributed by atoms with Crippen molar-refractivity contribution in [2.75, 3.05) is 19.0 Å². The fourth-order valence-corrected chi connectivity index (χ4v) is 4.17. The Balaban J connectivity index is 1.56. The minimum absolute atomic E-state index is 0.203. The van der Waals surface area contributed by atoms with E-state index >= 15 is 0 Å². The standard InChI is InChI=1S/C24H21N3O5/c1-26-22(30)16-7-8-20-17(10-16)24(13-32-20)11-18(24)23(31)27-19-9-14(12-25)5-6-15(19)3-2-4-21(28)29/h2,4-10,18H,3,11,13H2,1H3,(H,26,30)(H,27,31)(H,28,29)/t18-,24+/m0/s1. The van der Waals surface area contributed by atoms with Gasteiger partial charge in [0.25, 0.3) is 5.91 Å². The molecule has 2 aromatic carbocycles. The van der Waals surface area contributed by atoms with E-state index in [-0.39, 0.29) is 17.7 Å². The Morgan fingerprint density at radius 1 is 1.28 bits per heavy atom. The van der Waals surface area contributed by atoms with Crippen molar-refractivity contribution >= 4 is 23.5 Å². The smallest absolute Gasteiger partial charge is 0.327 e. The number of carbonyl (C=O) groups excluding carboxylic acids is 2. The highest BCUT2D eigenvalue weighted by Gasteiger charge is 2.63. The number of ether oxygens (including phenoxy) is 1. The van der Waals surface area contributed by atoms with Crippen LogP contribution in [0, 0.1) is 17.2 Å². The van der Waals surface area contributed by atoms with Crippen molar-refractivity contribution < 1.29 is 24.2 Å². The summed E-state index contributed by atoms with van der Waals surface area (Å²) in [5, 5.41) is 23.5. The number of nitrogens with one attached hydrogen (secondary N) is 2. The Bertz CT molecular complexity index is 1200. The lowest BCUT2D eigenvalue weighted by molar-refractivity contribution is -0.131. The molecule has 0 saturated heterocycles. The first-order valence-electron chi connectivity index (χ1n) is 10.1. The molecule has 32 heavy (non-hydrogen) atoms. The maximum atomic E-state index is 13.1. The molecular formula is C24H21N3O5. The second-order valence-corrected chi connectivity index (χ2v) is 7.91. The molecule has 1 heterocycles. The molecule has 2 aromatic rings. The largest absolute Gasteiger partial charge is 0.492 e. The molecule has 1 spiro atoms. The summed E-state index contributed by atoms with van der Waals surface area (Å²) in [4.78, 5) is 35.9. The number of nitriles is 1. The van der Waals surface area contributed by atoms with Gasteiger partial charge in [-0.1, -0.05) is 12.1 Å². The molecule has 162 valence electrons. The molecular weight excluding hydrogens is 410 g/mol. The highest BCUT2D eigenvalue weighted by atomic mass is 16.5. The summed E-state index contributed by atoms with van der Waals surface area (Å²) in [5.41, 5.74) is 2.46. The minimum Gasteiger partial charge on any atom is -0.492 e. The number of benzene rings is 2. The van der Waals surface area contributed by atoms with Crippen LogP contribution in [-0.4, -0.2) is 36.5 Å². The van der Waals surface area contributed by atoms with Crippen LogP contribution in [0.1, 0.15) is 33.5 Å². The van der Waals surface area contributed by atoms with E-state index in [4.69, 9.17) is 9.84 Å². The zero-order valence-corrected chi connectivity index (χ0v) is 17.3. The van der Waals surface area contributed by atoms with Gasteiger partial charge in [-0.05, 0) is 48.7 Å². The van der Waals surface area contributed by atoms with Crippen molar-refractivity contribution in [1.29, 1.82) is 5.26 Å². The summed E-state index contributed by atoms with van der Waals surface area (Å²) in [6.45, 7) is 0.365. The molecule has 0 aromatic heterocycles. The van der Waals surface area contributed by atoms with E-state index in [0.29, 0.717) is 47.6 Å². The molecule has 8 heteroatoms. The molecule has 1 saturated carbocycles. The molecule has 1 fully saturated rings. The summed E-state index contributed by atoms with van der Waals surface area (Å²) in [5.74, 6) is -1.12. The van der Waals surface area contributed by atoms with Gasteiger partial charge >= 0.3 is 5.97 Å². The Morgan fingerprint density at radius 3 is 2.81 bits per heavy atom. The molecule has 3 N–H and O–H groups in total. The van der Waals surface area contributed by atoms with E-state index in [2.05, 4.69) is 10.6 Å². The van der Waals surface area contributed by atoms with E-state index < -0.39 is 11.4 Å². The number of hydrogen-bond acceptors (Lipinski definition) is 5. The van der Waals surface area contributed by atoms with Gasteiger partial charge in [-0.2, -0.15) is 5.26 Å². The van der Waals surface area contributed by atoms with Crippen molar-refractivity contribution in [3.8, 4) is 11.8 Å². The lowest BCUT2D eigenvalue weighted by Gasteiger charge is -2.13. The quantitative estimate of drug-likeness (QED) is 0.603. The van der Waals surface area contributed by atoms with Gasteiger partial charge in [0.1, 0.15) is 5.75 Å². The highest BCUT2D eigenvalue weighted by Crippen LogP contribution is 2.60. The molecule has 0 bridgehead atoms. The monoisotopic (exact) mass is 431 g/mol. The first-order valence-corrected chi connectivity index (χ1v) is 10.1. The van der Waals surface area contributed by atoms with Gasteiger partial charge in [0.05, 0.1) is 24.2 Å². The zero-order chi connectivity index (χ0) is 22.9. The second-order valence-electron chi connectivity index (χ2n) is 7.91. The van der Waals surface area contributed by atoms with Crippen LogP contribution >= 0.6 is 0 Å². The summed E-state index contributed by atoms with van der Waals surface area (Å²) in [6, 6.07) is 12.2. The Labute approximate surface area is 184 Å². The molecule has 1 aliphatic heterocycles. The van der Waals surface area contributed by atoms with Crippen LogP contribution in [0.4, 0.5) is 5.69 Å². The van der Waals surface area contributed by atoms with E-state index in [1.165, 1.54) is 6.08 Å². The van der Waals surface area contributed by atoms with Crippen LogP contribution in [0.3, 0.4) is 0 Å². The second kappa shape index (κ2) is 8.19. The van der Waals surface area contributed by atoms with Crippen molar-refractivity contribution in [1.82, 2.24) is 5.32 Å². The maximum Gasteiger partial charge on any atom is 0.327 e. The number of aliphatic carboxylic acids is 1. The van der Waals surface area contributed by atoms with Gasteiger partial charge in [0.2, 0.25) is 5.91 Å². The fourth-order valence-electron chi connectivity index (χ4n) is 4.17. The van der Waals surface area contributed by atoms with Crippen LogP contribution in [0.25, 0.3) is 0 Å². The van der Waals surface area contributed by atoms with Crippen LogP contribution < -0.4 is 15.4 Å². The van der Waals surface area contributed by atoms with Crippen molar-refractivity contribution in [3.05, 3.63) is 70.8 Å². The van der Waals surface area contributed by atoms with Gasteiger partial charge in [-0.3, -0.25) is 9.59 Å². The van der Waals surface area contributed by atoms with Crippen LogP contribution in [0.5, 0.6) is 5.75 Å². The number of hydrogen-bond donors (Lipinski definition) is 3. The van der Waals surface area contributed by atoms with Crippen molar-refractivity contribution in [2.24, 2.45) is 5.92 Å². The predicted molar refractivity (Wildman–Crippen MR) is 115 cm³/mol. The minimum atomic E-state index is -1.06. The van der Waals surface area contributed by atoms with Gasteiger partial charge in [0, 0.05) is 35.4 Å². The summed E-state index contributed by atoms with van der Waals surface area (Å²) in [6.07, 6.45) is 3.41. The third-order valence-corrected chi connectivity index (χ3v) is 5.98. The van der Waals surface area contributed by atoms with Crippen molar-refractivity contribution in [2.45, 2.75) is 18.3 Å². The van der Waals surface area contributed by atoms with Gasteiger partial charge in [0.15, 0.2) is 0 Å². The number of fused-ring (bicyclic) bond motifs is 2. The first-order chi connectivity index (χ1) is 15.4. The maximum absolute atomic E-state index is 13.1. The fraction of sp³-hybridized carbons (Fsp3) is 0.250. The molecule has 2 aliphatic rings. The number of carbonyl (C=O) groups is 3. The average molecular weight is 431 g/mol. The van der Waals surface area contributed by atoms with E-state index in [9.17, 15) is 19.6 Å². The number of carboxylic acid groups (broad SMARTS) is 1. The lowest BCUT2D eigenvalue weighted by Crippen LogP contribution is -2.23. The number of anilines is 1. The van der Waals surface area contributed by atoms with Gasteiger partial charge in [-0.25, -0.2) is 4.79 Å². The number of rotatable bonds is 6. The van der Waals surface area contributed by atoms with Crippen LogP contribution in [-0.2, 0) is 21.4 Å². The van der Waals surface area contributed by atoms with Crippen LogP contribution in [0.15, 0.2) is 48.6 Å². The first kappa shape index (κ1) is 21.1. The predicted octanol–water partition coefficient (Wildman–Crippen LogP) is 2.39. The van der Waals surface area contributed by atoms with E-state index in [0.717, 1.165) is 11.6 Å². The van der Waals surface area contributed by atoms with E-state index in [1.54, 1.807) is 43.4 Å². The molecule has 0 unspecified atom stereocenters. The molecule has 8 nitrogen and oxygen atoms in total. The number of amides is 2. The highest BCUT2D eigenvalue weighted by molar-refractivity contribution is 5.98. The number of nitrogens with zero attached hydrogens (tertiary/aromatic N) is 1. The normalized spacial score (nSPS) is 20.3. The molecule has 0 radical (unpaired) electrons. The van der Waals surface area contributed by atoms with Crippen LogP contribution in [0.2, 0.25) is 0 Å². The summed E-state index contributed by atoms with van der Waals surface area (Å²) in [7, 11) is 1.56. The summed E-state index contributed by atoms with van der Waals surface area (Å²) >= 11 is 0. The Hall–Kier alpha value is -4.12. The molecule has 4 rings (SSSR count). The Morgan fingerprint density at radius 2 is 2.09 bits per heavy atom. The number of carboxylic acids is 1.